The molecular formula is C33H37FN6O4. The summed E-state index contributed by atoms with van der Waals surface area (Å²) in [5.41, 5.74) is 5.79. The maximum atomic E-state index is 15.5. The maximum absolute atomic E-state index is 15.5. The van der Waals surface area contributed by atoms with E-state index in [1.54, 1.807) is 28.9 Å². The average molecular weight is 601 g/mol. The first-order valence-corrected chi connectivity index (χ1v) is 14.8. The lowest BCUT2D eigenvalue weighted by molar-refractivity contribution is -0.142. The van der Waals surface area contributed by atoms with E-state index in [0.29, 0.717) is 47.0 Å². The highest BCUT2D eigenvalue weighted by Crippen LogP contribution is 2.41. The number of carbonyl (C=O) groups is 2. The highest BCUT2D eigenvalue weighted by Gasteiger charge is 2.37. The van der Waals surface area contributed by atoms with E-state index in [9.17, 15) is 14.4 Å². The van der Waals surface area contributed by atoms with Crippen molar-refractivity contribution in [2.24, 2.45) is 19.5 Å². The molecule has 0 radical (unpaired) electrons. The van der Waals surface area contributed by atoms with Gasteiger partial charge in [0.05, 0.1) is 5.69 Å². The van der Waals surface area contributed by atoms with Crippen molar-refractivity contribution >= 4 is 29.1 Å². The summed E-state index contributed by atoms with van der Waals surface area (Å²) in [6.07, 6.45) is 4.18. The number of aryl methyl sites for hydroxylation is 3. The molecule has 2 aliphatic rings. The monoisotopic (exact) mass is 600 g/mol. The van der Waals surface area contributed by atoms with Gasteiger partial charge in [-0.1, -0.05) is 20.8 Å². The molecule has 0 unspecified atom stereocenters. The number of carbonyl (C=O) groups excluding carboxylic acids is 2. The first-order chi connectivity index (χ1) is 20.8. The molecule has 0 spiro atoms. The standard InChI is InChI=1S/C33H37FN6O4/c1-7-23-14-30(36-38(23)6)35-26-10-21(17-37(5)31(26)42)24-12-22(34)13-27(25(24)18-44-19(2)41)40-9-8-39-28(32(40)43)11-20-15-33(3,4)16-29(20)39/h10-14,17H,7-9,15-16,18H2,1-6H3,(H,35,36). The number of anilines is 3. The fraction of sp³-hybridized carbons (Fsp3) is 0.394. The van der Waals surface area contributed by atoms with Crippen LogP contribution in [0.5, 0.6) is 0 Å². The number of nitrogens with one attached hydrogen (secondary N) is 1. The fourth-order valence-corrected chi connectivity index (χ4v) is 6.57. The summed E-state index contributed by atoms with van der Waals surface area (Å²) in [7, 11) is 3.45. The lowest BCUT2D eigenvalue weighted by Crippen LogP contribution is -2.41. The molecule has 6 rings (SSSR count). The van der Waals surface area contributed by atoms with Crippen LogP contribution in [0.1, 0.15) is 60.7 Å². The van der Waals surface area contributed by atoms with E-state index in [1.165, 1.54) is 34.9 Å². The molecule has 1 aromatic carbocycles. The number of benzene rings is 1. The molecule has 0 bridgehead atoms. The first-order valence-electron chi connectivity index (χ1n) is 14.8. The third kappa shape index (κ3) is 5.20. The minimum atomic E-state index is -0.555. The molecule has 0 saturated heterocycles. The molecule has 10 nitrogen and oxygen atoms in total. The molecule has 1 aliphatic heterocycles. The molecule has 3 aromatic heterocycles. The van der Waals surface area contributed by atoms with Gasteiger partial charge in [-0.15, -0.1) is 0 Å². The molecule has 0 fully saturated rings. The summed E-state index contributed by atoms with van der Waals surface area (Å²) < 4.78 is 26.1. The number of amides is 1. The van der Waals surface area contributed by atoms with Crippen molar-refractivity contribution in [1.29, 1.82) is 0 Å². The smallest absolute Gasteiger partial charge is 0.302 e. The zero-order valence-corrected chi connectivity index (χ0v) is 26.0. The van der Waals surface area contributed by atoms with Gasteiger partial charge >= 0.3 is 5.97 Å². The van der Waals surface area contributed by atoms with Gasteiger partial charge in [-0.05, 0) is 60.1 Å². The van der Waals surface area contributed by atoms with Crippen molar-refractivity contribution in [1.82, 2.24) is 18.9 Å². The summed E-state index contributed by atoms with van der Waals surface area (Å²) in [5, 5.41) is 7.56. The summed E-state index contributed by atoms with van der Waals surface area (Å²) in [4.78, 5) is 40.6. The second-order valence-electron chi connectivity index (χ2n) is 12.5. The zero-order valence-electron chi connectivity index (χ0n) is 26.0. The van der Waals surface area contributed by atoms with Crippen molar-refractivity contribution in [3.8, 4) is 11.1 Å². The fourth-order valence-electron chi connectivity index (χ4n) is 6.57. The number of ether oxygens (including phenoxy) is 1. The van der Waals surface area contributed by atoms with Crippen LogP contribution in [0.15, 0.2) is 41.3 Å². The van der Waals surface area contributed by atoms with E-state index in [1.807, 2.05) is 26.1 Å². The van der Waals surface area contributed by atoms with Crippen LogP contribution in [-0.2, 0) is 56.0 Å². The molecule has 4 aromatic rings. The highest BCUT2D eigenvalue weighted by atomic mass is 19.1. The van der Waals surface area contributed by atoms with E-state index in [2.05, 4.69) is 28.8 Å². The van der Waals surface area contributed by atoms with Gasteiger partial charge < -0.3 is 24.1 Å². The maximum Gasteiger partial charge on any atom is 0.302 e. The number of aromatic nitrogens is 4. The largest absolute Gasteiger partial charge is 0.461 e. The van der Waals surface area contributed by atoms with E-state index in [4.69, 9.17) is 4.74 Å². The first kappa shape index (κ1) is 29.4. The molecule has 230 valence electrons. The molecule has 1 amide bonds. The van der Waals surface area contributed by atoms with Gasteiger partial charge in [-0.2, -0.15) is 5.10 Å². The number of pyridine rings is 1. The van der Waals surface area contributed by atoms with Crippen molar-refractivity contribution in [3.05, 3.63) is 80.9 Å². The van der Waals surface area contributed by atoms with Crippen LogP contribution >= 0.6 is 0 Å². The van der Waals surface area contributed by atoms with Gasteiger partial charge in [0.2, 0.25) is 0 Å². The van der Waals surface area contributed by atoms with Crippen LogP contribution in [0.3, 0.4) is 0 Å². The van der Waals surface area contributed by atoms with Crippen molar-refractivity contribution < 1.29 is 18.7 Å². The van der Waals surface area contributed by atoms with Crippen molar-refractivity contribution in [2.45, 2.75) is 60.1 Å². The number of hydrogen-bond acceptors (Lipinski definition) is 6. The van der Waals surface area contributed by atoms with Crippen LogP contribution < -0.4 is 15.8 Å². The number of nitrogens with zero attached hydrogens (tertiary/aromatic N) is 5. The third-order valence-electron chi connectivity index (χ3n) is 8.62. The Morgan fingerprint density at radius 1 is 1.09 bits per heavy atom. The average Bonchev–Trinajstić information content (AvgIpc) is 3.58. The molecule has 44 heavy (non-hydrogen) atoms. The second-order valence-corrected chi connectivity index (χ2v) is 12.5. The SMILES string of the molecule is CCc1cc(Nc2cc(-c3cc(F)cc(N4CCn5c(cc6c5CC(C)(C)C6)C4=O)c3COC(C)=O)cn(C)c2=O)nn1C. The van der Waals surface area contributed by atoms with Gasteiger partial charge in [-0.3, -0.25) is 19.1 Å². The quantitative estimate of drug-likeness (QED) is 0.304. The Morgan fingerprint density at radius 3 is 2.57 bits per heavy atom. The van der Waals surface area contributed by atoms with Gasteiger partial charge in [0, 0.05) is 68.9 Å². The number of hydrogen-bond donors (Lipinski definition) is 1. The zero-order chi connectivity index (χ0) is 31.5. The molecular weight excluding hydrogens is 563 g/mol. The molecule has 4 heterocycles. The van der Waals surface area contributed by atoms with Crippen LogP contribution in [0.4, 0.5) is 21.6 Å². The molecule has 0 saturated carbocycles. The molecule has 11 heteroatoms. The van der Waals surface area contributed by atoms with Crippen LogP contribution in [0.25, 0.3) is 11.1 Å². The Kier molecular flexibility index (Phi) is 7.22. The molecule has 1 N–H and O–H groups in total. The summed E-state index contributed by atoms with van der Waals surface area (Å²) in [6.45, 7) is 8.51. The molecule has 0 atom stereocenters. The topological polar surface area (TPSA) is 103 Å². The lowest BCUT2D eigenvalue weighted by Gasteiger charge is -2.32. The predicted molar refractivity (Wildman–Crippen MR) is 166 cm³/mol. The highest BCUT2D eigenvalue weighted by molar-refractivity contribution is 6.07. The summed E-state index contributed by atoms with van der Waals surface area (Å²) in [5.74, 6) is -0.779. The molecule has 1 aliphatic carbocycles. The normalized spacial score (nSPS) is 15.3. The van der Waals surface area contributed by atoms with E-state index in [-0.39, 0.29) is 29.2 Å². The van der Waals surface area contributed by atoms with Crippen LogP contribution in [0.2, 0.25) is 0 Å². The number of fused-ring (bicyclic) bond motifs is 3. The third-order valence-corrected chi connectivity index (χ3v) is 8.62. The Labute approximate surface area is 255 Å². The van der Waals surface area contributed by atoms with E-state index < -0.39 is 11.8 Å². The summed E-state index contributed by atoms with van der Waals surface area (Å²) in [6, 6.07) is 8.13. The lowest BCUT2D eigenvalue weighted by atomic mass is 9.90. The second kappa shape index (κ2) is 10.8. The van der Waals surface area contributed by atoms with Gasteiger partial charge in [0.25, 0.3) is 11.5 Å². The summed E-state index contributed by atoms with van der Waals surface area (Å²) >= 11 is 0. The number of esters is 1. The van der Waals surface area contributed by atoms with Gasteiger partial charge in [0.1, 0.15) is 23.8 Å². The van der Waals surface area contributed by atoms with Gasteiger partial charge in [0.15, 0.2) is 5.82 Å². The number of halogens is 1. The Morgan fingerprint density at radius 2 is 1.86 bits per heavy atom. The number of rotatable bonds is 7. The van der Waals surface area contributed by atoms with Gasteiger partial charge in [-0.25, -0.2) is 4.39 Å². The van der Waals surface area contributed by atoms with E-state index in [0.717, 1.165) is 25.0 Å². The van der Waals surface area contributed by atoms with Crippen LogP contribution in [0, 0.1) is 11.2 Å². The Bertz CT molecular complexity index is 1880. The van der Waals surface area contributed by atoms with E-state index >= 15 is 4.39 Å². The Hall–Kier alpha value is -4.67. The van der Waals surface area contributed by atoms with Crippen molar-refractivity contribution in [2.75, 3.05) is 16.8 Å². The van der Waals surface area contributed by atoms with Crippen LogP contribution in [-0.4, -0.2) is 37.3 Å². The minimum absolute atomic E-state index is 0.153. The Balaban J connectivity index is 1.44. The minimum Gasteiger partial charge on any atom is -0.461 e. The predicted octanol–water partition coefficient (Wildman–Crippen LogP) is 4.88. The van der Waals surface area contributed by atoms with Crippen molar-refractivity contribution in [3.63, 3.8) is 0 Å².